The van der Waals surface area contributed by atoms with Crippen LogP contribution < -0.4 is 4.74 Å². The van der Waals surface area contributed by atoms with Gasteiger partial charge < -0.3 is 4.74 Å². The molecule has 2 nitrogen and oxygen atoms in total. The van der Waals surface area contributed by atoms with Crippen molar-refractivity contribution in [2.75, 3.05) is 0 Å². The van der Waals surface area contributed by atoms with Crippen molar-refractivity contribution in [1.29, 1.82) is 0 Å². The highest BCUT2D eigenvalue weighted by Gasteiger charge is 2.55. The Morgan fingerprint density at radius 1 is 1.00 bits per heavy atom. The molecule has 2 fully saturated rings. The lowest BCUT2D eigenvalue weighted by atomic mass is 9.60. The van der Waals surface area contributed by atoms with Crippen molar-refractivity contribution in [3.63, 3.8) is 0 Å². The van der Waals surface area contributed by atoms with Crippen molar-refractivity contribution in [3.8, 4) is 5.75 Å². The first-order valence-corrected chi connectivity index (χ1v) is 9.75. The Morgan fingerprint density at radius 3 is 2.10 bits per heavy atom. The lowest BCUT2D eigenvalue weighted by Crippen LogP contribution is -2.56. The molecule has 1 spiro atoms. The van der Waals surface area contributed by atoms with Gasteiger partial charge in [0.05, 0.1) is 14.4 Å². The van der Waals surface area contributed by atoms with E-state index in [1.165, 1.54) is 12.8 Å². The number of hydrogen-bond donors (Lipinski definition) is 0. The number of Topliss-reactive ketones (excluding diaryl/α,β-unsaturated/α-hetero) is 1. The van der Waals surface area contributed by atoms with Crippen LogP contribution in [-0.2, 0) is 4.79 Å². The van der Waals surface area contributed by atoms with E-state index in [9.17, 15) is 4.79 Å². The van der Waals surface area contributed by atoms with Crippen LogP contribution in [0.25, 0.3) is 0 Å². The number of ether oxygens (including phenoxy) is 1. The maximum Gasteiger partial charge on any atom is 0.148 e. The molecule has 1 atom stereocenters. The van der Waals surface area contributed by atoms with Crippen LogP contribution in [-0.4, -0.2) is 11.9 Å². The molecule has 1 unspecified atom stereocenters. The van der Waals surface area contributed by atoms with E-state index in [0.29, 0.717) is 12.2 Å². The molecule has 0 amide bonds. The monoisotopic (exact) mass is 478 g/mol. The Bertz CT molecular complexity index is 540. The third-order valence-corrected chi connectivity index (χ3v) is 6.40. The second-order valence-corrected chi connectivity index (χ2v) is 8.63. The second kappa shape index (κ2) is 6.32. The number of rotatable bonds is 2. The van der Waals surface area contributed by atoms with Gasteiger partial charge in [-0.15, -0.1) is 0 Å². The number of ketones is 1. The lowest BCUT2D eigenvalue weighted by molar-refractivity contribution is -0.154. The Morgan fingerprint density at radius 2 is 1.57 bits per heavy atom. The van der Waals surface area contributed by atoms with Crippen LogP contribution in [0.1, 0.15) is 44.9 Å². The van der Waals surface area contributed by atoms with Crippen LogP contribution in [0.2, 0.25) is 0 Å². The summed E-state index contributed by atoms with van der Waals surface area (Å²) in [5, 5.41) is 0. The van der Waals surface area contributed by atoms with Crippen molar-refractivity contribution >= 4 is 53.6 Å². The van der Waals surface area contributed by atoms with Crippen molar-refractivity contribution in [1.82, 2.24) is 0 Å². The summed E-state index contributed by atoms with van der Waals surface area (Å²) in [6.07, 6.45) is 7.33. The summed E-state index contributed by atoms with van der Waals surface area (Å²) in [7, 11) is 0. The largest absolute Gasteiger partial charge is 0.487 e. The third-order valence-electron chi connectivity index (χ3n) is 4.76. The van der Waals surface area contributed by atoms with Gasteiger partial charge in [0.1, 0.15) is 17.6 Å². The zero-order chi connectivity index (χ0) is 15.0. The van der Waals surface area contributed by atoms with Crippen molar-refractivity contribution in [3.05, 3.63) is 25.6 Å². The standard InChI is InChI=1S/C16H17Br3O2/c17-10-7-11(18)15(12(19)8-10)21-14-9-13(20)16(14)5-3-1-2-4-6-16/h7-8,14H,1-6,9H2. The van der Waals surface area contributed by atoms with Gasteiger partial charge in [-0.25, -0.2) is 0 Å². The molecule has 0 aliphatic heterocycles. The molecule has 3 rings (SSSR count). The first-order chi connectivity index (χ1) is 10.0. The second-order valence-electron chi connectivity index (χ2n) is 6.00. The van der Waals surface area contributed by atoms with Crippen molar-refractivity contribution < 1.29 is 9.53 Å². The summed E-state index contributed by atoms with van der Waals surface area (Å²) in [5.74, 6) is 1.21. The topological polar surface area (TPSA) is 26.3 Å². The Balaban J connectivity index is 1.83. The fourth-order valence-electron chi connectivity index (χ4n) is 3.51. The van der Waals surface area contributed by atoms with Gasteiger partial charge in [-0.05, 0) is 56.8 Å². The number of carbonyl (C=O) groups excluding carboxylic acids is 1. The molecule has 2 aliphatic rings. The van der Waals surface area contributed by atoms with E-state index in [1.807, 2.05) is 12.1 Å². The average Bonchev–Trinajstić information content (AvgIpc) is 2.69. The predicted octanol–water partition coefficient (Wildman–Crippen LogP) is 6.03. The maximum atomic E-state index is 12.3. The SMILES string of the molecule is O=C1CC(Oc2c(Br)cc(Br)cc2Br)C12CCCCCC2. The van der Waals surface area contributed by atoms with E-state index in [2.05, 4.69) is 47.8 Å². The minimum absolute atomic E-state index is 0.0249. The molecule has 0 radical (unpaired) electrons. The maximum absolute atomic E-state index is 12.3. The Hall–Kier alpha value is 0.130. The van der Waals surface area contributed by atoms with Crippen LogP contribution in [0.5, 0.6) is 5.75 Å². The zero-order valence-corrected chi connectivity index (χ0v) is 16.4. The molecule has 2 saturated carbocycles. The van der Waals surface area contributed by atoms with Crippen LogP contribution in [0.3, 0.4) is 0 Å². The van der Waals surface area contributed by atoms with Crippen LogP contribution in [0.4, 0.5) is 0 Å². The molecule has 114 valence electrons. The van der Waals surface area contributed by atoms with Crippen LogP contribution in [0, 0.1) is 5.41 Å². The zero-order valence-electron chi connectivity index (χ0n) is 11.6. The van der Waals surface area contributed by atoms with Gasteiger partial charge >= 0.3 is 0 Å². The first kappa shape index (κ1) is 16.0. The quantitative estimate of drug-likeness (QED) is 0.516. The molecule has 0 aromatic heterocycles. The molecule has 21 heavy (non-hydrogen) atoms. The molecule has 5 heteroatoms. The molecule has 2 aliphatic carbocycles. The third kappa shape index (κ3) is 2.98. The molecule has 0 saturated heterocycles. The van der Waals surface area contributed by atoms with E-state index in [1.54, 1.807) is 0 Å². The summed E-state index contributed by atoms with van der Waals surface area (Å²) < 4.78 is 9.06. The van der Waals surface area contributed by atoms with E-state index < -0.39 is 0 Å². The minimum atomic E-state index is -0.220. The molecule has 1 aromatic carbocycles. The van der Waals surface area contributed by atoms with Gasteiger partial charge in [0.15, 0.2) is 0 Å². The number of hydrogen-bond acceptors (Lipinski definition) is 2. The summed E-state index contributed by atoms with van der Waals surface area (Å²) in [6, 6.07) is 3.95. The summed E-state index contributed by atoms with van der Waals surface area (Å²) in [6.45, 7) is 0. The Labute approximate surface area is 150 Å². The molecule has 0 N–H and O–H groups in total. The normalized spacial score (nSPS) is 24.5. The summed E-state index contributed by atoms with van der Waals surface area (Å²) in [5.41, 5.74) is -0.220. The van der Waals surface area contributed by atoms with Gasteiger partial charge in [-0.1, -0.05) is 41.6 Å². The molecular formula is C16H17Br3O2. The van der Waals surface area contributed by atoms with Gasteiger partial charge in [-0.3, -0.25) is 4.79 Å². The summed E-state index contributed by atoms with van der Waals surface area (Å²) >= 11 is 10.6. The first-order valence-electron chi connectivity index (χ1n) is 7.37. The van der Waals surface area contributed by atoms with Crippen LogP contribution in [0.15, 0.2) is 25.6 Å². The van der Waals surface area contributed by atoms with E-state index in [0.717, 1.165) is 44.9 Å². The van der Waals surface area contributed by atoms with Crippen molar-refractivity contribution in [2.24, 2.45) is 5.41 Å². The summed E-state index contributed by atoms with van der Waals surface area (Å²) in [4.78, 5) is 12.3. The molecular weight excluding hydrogens is 464 g/mol. The predicted molar refractivity (Wildman–Crippen MR) is 93.7 cm³/mol. The highest BCUT2D eigenvalue weighted by molar-refractivity contribution is 9.11. The molecule has 0 bridgehead atoms. The lowest BCUT2D eigenvalue weighted by Gasteiger charge is -2.47. The van der Waals surface area contributed by atoms with Crippen LogP contribution >= 0.6 is 47.8 Å². The highest BCUT2D eigenvalue weighted by atomic mass is 79.9. The smallest absolute Gasteiger partial charge is 0.148 e. The molecule has 0 heterocycles. The van der Waals surface area contributed by atoms with Crippen molar-refractivity contribution in [2.45, 2.75) is 51.0 Å². The number of carbonyl (C=O) groups is 1. The highest BCUT2D eigenvalue weighted by Crippen LogP contribution is 2.51. The van der Waals surface area contributed by atoms with E-state index in [4.69, 9.17) is 4.74 Å². The minimum Gasteiger partial charge on any atom is -0.487 e. The average molecular weight is 481 g/mol. The van der Waals surface area contributed by atoms with Gasteiger partial charge in [0.25, 0.3) is 0 Å². The van der Waals surface area contributed by atoms with Gasteiger partial charge in [-0.2, -0.15) is 0 Å². The number of halogens is 3. The van der Waals surface area contributed by atoms with E-state index in [-0.39, 0.29) is 11.5 Å². The fourth-order valence-corrected chi connectivity index (χ4v) is 5.96. The Kier molecular flexibility index (Phi) is 4.82. The van der Waals surface area contributed by atoms with Gasteiger partial charge in [0.2, 0.25) is 0 Å². The van der Waals surface area contributed by atoms with E-state index >= 15 is 0 Å². The fraction of sp³-hybridized carbons (Fsp3) is 0.562. The number of benzene rings is 1. The molecule has 1 aromatic rings. The van der Waals surface area contributed by atoms with Gasteiger partial charge in [0, 0.05) is 10.9 Å².